The minimum absolute atomic E-state index is 0.0611. The summed E-state index contributed by atoms with van der Waals surface area (Å²) in [7, 11) is -1.48. The van der Waals surface area contributed by atoms with Gasteiger partial charge in [-0.3, -0.25) is 10.1 Å². The first-order chi connectivity index (χ1) is 10.5. The van der Waals surface area contributed by atoms with Crippen molar-refractivity contribution >= 4 is 39.5 Å². The van der Waals surface area contributed by atoms with Crippen molar-refractivity contribution < 1.29 is 9.13 Å². The molecule has 0 N–H and O–H groups in total. The molecular formula is C15H13ClN2O3S. The van der Waals surface area contributed by atoms with Gasteiger partial charge in [0.1, 0.15) is 0 Å². The van der Waals surface area contributed by atoms with Gasteiger partial charge in [-0.2, -0.15) is 0 Å². The number of rotatable bonds is 3. The van der Waals surface area contributed by atoms with Crippen LogP contribution in [-0.2, 0) is 10.8 Å². The maximum atomic E-state index is 12.8. The fraction of sp³-hybridized carbons (Fsp3) is 0.200. The van der Waals surface area contributed by atoms with E-state index >= 15 is 0 Å². The molecule has 0 bridgehead atoms. The van der Waals surface area contributed by atoms with Crippen molar-refractivity contribution in [1.29, 1.82) is 0 Å². The number of halogens is 1. The van der Waals surface area contributed by atoms with Crippen LogP contribution in [-0.4, -0.2) is 15.7 Å². The molecular weight excluding hydrogens is 324 g/mol. The summed E-state index contributed by atoms with van der Waals surface area (Å²) in [5, 5.41) is 11.5. The van der Waals surface area contributed by atoms with E-state index in [2.05, 4.69) is 0 Å². The summed E-state index contributed by atoms with van der Waals surface area (Å²) in [4.78, 5) is 13.6. The van der Waals surface area contributed by atoms with E-state index in [0.29, 0.717) is 14.8 Å². The molecule has 0 radical (unpaired) electrons. The molecule has 1 atom stereocenters. The number of nitro groups is 1. The highest BCUT2D eigenvalue weighted by molar-refractivity contribution is 7.85. The molecule has 1 aliphatic rings. The Morgan fingerprint density at radius 1 is 1.18 bits per heavy atom. The van der Waals surface area contributed by atoms with Crippen LogP contribution >= 0.6 is 11.6 Å². The monoisotopic (exact) mass is 336 g/mol. The van der Waals surface area contributed by atoms with Crippen molar-refractivity contribution in [3.05, 3.63) is 51.5 Å². The fourth-order valence-corrected chi connectivity index (χ4v) is 4.23. The summed E-state index contributed by atoms with van der Waals surface area (Å²) in [6, 6.07) is 9.76. The Morgan fingerprint density at radius 2 is 1.82 bits per heavy atom. The number of nitro benzene ring substituents is 1. The molecule has 7 heteroatoms. The molecule has 114 valence electrons. The lowest BCUT2D eigenvalue weighted by atomic mass is 10.2. The molecule has 1 aliphatic heterocycles. The van der Waals surface area contributed by atoms with Gasteiger partial charge in [-0.25, -0.2) is 4.21 Å². The summed E-state index contributed by atoms with van der Waals surface area (Å²) in [5.74, 6) is 0. The molecule has 0 fully saturated rings. The predicted molar refractivity (Wildman–Crippen MR) is 86.5 cm³/mol. The SMILES string of the molecule is CCCN1c2ccc(Cl)cc2S(=O)c2cc([N+](=O)[O-])ccc21. The lowest BCUT2D eigenvalue weighted by Crippen LogP contribution is -2.24. The first-order valence-corrected chi connectivity index (χ1v) is 8.33. The van der Waals surface area contributed by atoms with Crippen LogP contribution in [0.3, 0.4) is 0 Å². The van der Waals surface area contributed by atoms with Crippen LogP contribution < -0.4 is 4.90 Å². The van der Waals surface area contributed by atoms with E-state index in [1.807, 2.05) is 17.9 Å². The maximum Gasteiger partial charge on any atom is 0.270 e. The van der Waals surface area contributed by atoms with Gasteiger partial charge in [-0.05, 0) is 30.7 Å². The zero-order valence-corrected chi connectivity index (χ0v) is 13.4. The highest BCUT2D eigenvalue weighted by Gasteiger charge is 2.29. The summed E-state index contributed by atoms with van der Waals surface area (Å²) < 4.78 is 12.8. The van der Waals surface area contributed by atoms with Gasteiger partial charge >= 0.3 is 0 Å². The Bertz CT molecular complexity index is 794. The third-order valence-electron chi connectivity index (χ3n) is 3.50. The molecule has 0 spiro atoms. The standard InChI is InChI=1S/C15H13ClN2O3S/c1-2-7-17-12-5-3-10(16)8-14(12)22(21)15-9-11(18(19)20)4-6-13(15)17/h3-6,8-9H,2,7H2,1H3. The first kappa shape index (κ1) is 15.0. The predicted octanol–water partition coefficient (Wildman–Crippen LogP) is 4.28. The molecule has 0 saturated carbocycles. The van der Waals surface area contributed by atoms with E-state index in [4.69, 9.17) is 11.6 Å². The molecule has 3 rings (SSSR count). The molecule has 1 unspecified atom stereocenters. The van der Waals surface area contributed by atoms with Gasteiger partial charge < -0.3 is 4.90 Å². The molecule has 22 heavy (non-hydrogen) atoms. The van der Waals surface area contributed by atoms with E-state index in [1.165, 1.54) is 12.1 Å². The second-order valence-corrected chi connectivity index (χ2v) is 6.80. The number of benzene rings is 2. The van der Waals surface area contributed by atoms with Gasteiger partial charge in [0, 0.05) is 23.7 Å². The van der Waals surface area contributed by atoms with Gasteiger partial charge in [0.25, 0.3) is 5.69 Å². The number of hydrogen-bond donors (Lipinski definition) is 0. The van der Waals surface area contributed by atoms with Crippen LogP contribution in [0.4, 0.5) is 17.1 Å². The van der Waals surface area contributed by atoms with Crippen LogP contribution in [0.25, 0.3) is 0 Å². The second-order valence-electron chi connectivity index (χ2n) is 4.94. The molecule has 0 amide bonds. The second kappa shape index (κ2) is 5.70. The minimum Gasteiger partial charge on any atom is -0.339 e. The Morgan fingerprint density at radius 3 is 2.45 bits per heavy atom. The van der Waals surface area contributed by atoms with Crippen molar-refractivity contribution in [1.82, 2.24) is 0 Å². The lowest BCUT2D eigenvalue weighted by Gasteiger charge is -2.32. The van der Waals surface area contributed by atoms with E-state index in [1.54, 1.807) is 18.2 Å². The number of anilines is 2. The number of non-ortho nitro benzene ring substituents is 1. The van der Waals surface area contributed by atoms with Crippen molar-refractivity contribution in [2.24, 2.45) is 0 Å². The van der Waals surface area contributed by atoms with Crippen LogP contribution in [0.2, 0.25) is 5.02 Å². The molecule has 2 aromatic carbocycles. The van der Waals surface area contributed by atoms with Crippen molar-refractivity contribution in [2.45, 2.75) is 23.1 Å². The van der Waals surface area contributed by atoms with Crippen molar-refractivity contribution in [3.63, 3.8) is 0 Å². The summed E-state index contributed by atoms with van der Waals surface area (Å²) >= 11 is 6.01. The third-order valence-corrected chi connectivity index (χ3v) is 5.19. The van der Waals surface area contributed by atoms with Gasteiger partial charge in [0.05, 0.1) is 36.9 Å². The van der Waals surface area contributed by atoms with Gasteiger partial charge in [0.15, 0.2) is 0 Å². The van der Waals surface area contributed by atoms with Crippen molar-refractivity contribution in [2.75, 3.05) is 11.4 Å². The van der Waals surface area contributed by atoms with Gasteiger partial charge in [-0.1, -0.05) is 18.5 Å². The summed E-state index contributed by atoms with van der Waals surface area (Å²) in [5.41, 5.74) is 1.53. The topological polar surface area (TPSA) is 63.5 Å². The molecule has 5 nitrogen and oxygen atoms in total. The first-order valence-electron chi connectivity index (χ1n) is 6.80. The van der Waals surface area contributed by atoms with Crippen LogP contribution in [0.15, 0.2) is 46.2 Å². The van der Waals surface area contributed by atoms with Crippen molar-refractivity contribution in [3.8, 4) is 0 Å². The summed E-state index contributed by atoms with van der Waals surface area (Å²) in [6.07, 6.45) is 0.894. The van der Waals surface area contributed by atoms with Crippen LogP contribution in [0.5, 0.6) is 0 Å². The number of hydrogen-bond acceptors (Lipinski definition) is 4. The molecule has 2 aromatic rings. The molecule has 0 aromatic heterocycles. The normalized spacial score (nSPS) is 16.1. The Labute approximate surface area is 135 Å². The maximum absolute atomic E-state index is 12.8. The molecule has 1 heterocycles. The average Bonchev–Trinajstić information content (AvgIpc) is 2.51. The Hall–Kier alpha value is -1.92. The Balaban J connectivity index is 2.23. The third kappa shape index (κ3) is 2.38. The van der Waals surface area contributed by atoms with E-state index in [0.717, 1.165) is 24.3 Å². The molecule has 0 saturated heterocycles. The fourth-order valence-electron chi connectivity index (χ4n) is 2.56. The van der Waals surface area contributed by atoms with E-state index in [-0.39, 0.29) is 5.69 Å². The van der Waals surface area contributed by atoms with Crippen LogP contribution in [0, 0.1) is 10.1 Å². The minimum atomic E-state index is -1.48. The quantitative estimate of drug-likeness (QED) is 0.620. The zero-order valence-electron chi connectivity index (χ0n) is 11.8. The lowest BCUT2D eigenvalue weighted by molar-refractivity contribution is -0.385. The zero-order chi connectivity index (χ0) is 15.9. The van der Waals surface area contributed by atoms with Gasteiger partial charge in [0.2, 0.25) is 0 Å². The molecule has 0 aliphatic carbocycles. The van der Waals surface area contributed by atoms with E-state index < -0.39 is 15.7 Å². The number of fused-ring (bicyclic) bond motifs is 2. The van der Waals surface area contributed by atoms with Gasteiger partial charge in [-0.15, -0.1) is 0 Å². The highest BCUT2D eigenvalue weighted by Crippen LogP contribution is 2.44. The summed E-state index contributed by atoms with van der Waals surface area (Å²) in [6.45, 7) is 2.78. The van der Waals surface area contributed by atoms with E-state index in [9.17, 15) is 14.3 Å². The Kier molecular flexibility index (Phi) is 3.88. The average molecular weight is 337 g/mol. The van der Waals surface area contributed by atoms with Crippen LogP contribution in [0.1, 0.15) is 13.3 Å². The highest BCUT2D eigenvalue weighted by atomic mass is 35.5. The smallest absolute Gasteiger partial charge is 0.270 e. The number of nitrogens with zero attached hydrogens (tertiary/aromatic N) is 2. The largest absolute Gasteiger partial charge is 0.339 e.